The minimum Gasteiger partial charge on any atom is -0.475 e. The van der Waals surface area contributed by atoms with Gasteiger partial charge in [0.25, 0.3) is 5.91 Å². The summed E-state index contributed by atoms with van der Waals surface area (Å²) in [6, 6.07) is 16.9. The Labute approximate surface area is 233 Å². The van der Waals surface area contributed by atoms with Crippen molar-refractivity contribution in [2.24, 2.45) is 11.0 Å². The van der Waals surface area contributed by atoms with Gasteiger partial charge in [0.15, 0.2) is 19.0 Å². The normalized spacial score (nSPS) is 18.9. The summed E-state index contributed by atoms with van der Waals surface area (Å²) in [5.41, 5.74) is 2.77. The molecule has 5 rings (SSSR count). The number of hydrogen-bond acceptors (Lipinski definition) is 7. The molecule has 210 valence electrons. The predicted octanol–water partition coefficient (Wildman–Crippen LogP) is 5.62. The van der Waals surface area contributed by atoms with Gasteiger partial charge in [0.2, 0.25) is 0 Å². The molecule has 1 aliphatic carbocycles. The number of halogens is 2. The zero-order valence-corrected chi connectivity index (χ0v) is 21.7. The number of para-hydroxylation sites is 2. The first-order valence-corrected chi connectivity index (χ1v) is 12.9. The van der Waals surface area contributed by atoms with Gasteiger partial charge in [-0.2, -0.15) is 5.10 Å². The molecule has 1 fully saturated rings. The molecule has 11 heteroatoms. The molecule has 1 aliphatic heterocycles. The molecule has 0 aromatic heterocycles. The summed E-state index contributed by atoms with van der Waals surface area (Å²) in [5.74, 6) is -2.53. The molecular weight excluding hydrogens is 536 g/mol. The van der Waals surface area contributed by atoms with Gasteiger partial charge in [-0.3, -0.25) is 14.9 Å². The minimum atomic E-state index is -0.893. The van der Waals surface area contributed by atoms with Crippen molar-refractivity contribution in [3.05, 3.63) is 111 Å². The van der Waals surface area contributed by atoms with Gasteiger partial charge in [0.05, 0.1) is 16.7 Å². The van der Waals surface area contributed by atoms with Crippen LogP contribution in [0.1, 0.15) is 36.4 Å². The second-order valence-corrected chi connectivity index (χ2v) is 9.61. The first-order chi connectivity index (χ1) is 19.8. The van der Waals surface area contributed by atoms with Crippen LogP contribution in [0.5, 0.6) is 5.75 Å². The third-order valence-corrected chi connectivity index (χ3v) is 6.94. The van der Waals surface area contributed by atoms with Crippen LogP contribution in [0, 0.1) is 27.7 Å². The molecule has 41 heavy (non-hydrogen) atoms. The van der Waals surface area contributed by atoms with E-state index < -0.39 is 41.9 Å². The maximum atomic E-state index is 13.7. The second kappa shape index (κ2) is 12.1. The van der Waals surface area contributed by atoms with Crippen molar-refractivity contribution in [2.45, 2.75) is 25.3 Å². The number of amides is 1. The van der Waals surface area contributed by atoms with Crippen LogP contribution in [-0.4, -0.2) is 40.7 Å². The smallest absolute Gasteiger partial charge is 0.344 e. The average Bonchev–Trinajstić information content (AvgIpc) is 3.37. The molecule has 3 aromatic rings. The second-order valence-electron chi connectivity index (χ2n) is 9.61. The van der Waals surface area contributed by atoms with Crippen molar-refractivity contribution >= 4 is 29.4 Å². The van der Waals surface area contributed by atoms with E-state index in [1.807, 2.05) is 6.08 Å². The van der Waals surface area contributed by atoms with E-state index >= 15 is 0 Å². The fraction of sp³-hybridized carbons (Fsp3) is 0.233. The number of allylic oxidation sites excluding steroid dienone is 1. The quantitative estimate of drug-likeness (QED) is 0.201. The van der Waals surface area contributed by atoms with Gasteiger partial charge >= 0.3 is 11.7 Å². The minimum absolute atomic E-state index is 0.104. The van der Waals surface area contributed by atoms with Crippen LogP contribution in [0.4, 0.5) is 14.5 Å². The lowest BCUT2D eigenvalue weighted by Crippen LogP contribution is -2.35. The van der Waals surface area contributed by atoms with Crippen LogP contribution >= 0.6 is 0 Å². The van der Waals surface area contributed by atoms with E-state index in [9.17, 15) is 28.5 Å². The maximum Gasteiger partial charge on any atom is 0.344 e. The molecule has 1 saturated carbocycles. The van der Waals surface area contributed by atoms with Gasteiger partial charge in [-0.1, -0.05) is 36.4 Å². The molecule has 2 atom stereocenters. The fourth-order valence-electron chi connectivity index (χ4n) is 5.08. The Bertz CT molecular complexity index is 1520. The number of nitro benzene ring substituents is 1. The number of carbonyl (C=O) groups excluding carboxylic acids is 2. The van der Waals surface area contributed by atoms with Crippen molar-refractivity contribution in [2.75, 3.05) is 13.2 Å². The van der Waals surface area contributed by atoms with Gasteiger partial charge < -0.3 is 9.47 Å². The molecule has 0 N–H and O–H groups in total. The number of rotatable bonds is 8. The predicted molar refractivity (Wildman–Crippen MR) is 145 cm³/mol. The Morgan fingerprint density at radius 1 is 1.00 bits per heavy atom. The highest BCUT2D eigenvalue weighted by molar-refractivity contribution is 6.08. The summed E-state index contributed by atoms with van der Waals surface area (Å²) in [6.07, 6.45) is 4.19. The highest BCUT2D eigenvalue weighted by Crippen LogP contribution is 2.44. The molecule has 1 heterocycles. The van der Waals surface area contributed by atoms with Gasteiger partial charge in [-0.15, -0.1) is 0 Å². The maximum absolute atomic E-state index is 13.7. The van der Waals surface area contributed by atoms with E-state index in [1.165, 1.54) is 53.5 Å². The van der Waals surface area contributed by atoms with E-state index in [0.717, 1.165) is 24.0 Å². The third-order valence-electron chi connectivity index (χ3n) is 6.94. The molecule has 2 unspecified atom stereocenters. The molecule has 2 aliphatic rings. The van der Waals surface area contributed by atoms with Gasteiger partial charge in [-0.05, 0) is 72.4 Å². The first-order valence-electron chi connectivity index (χ1n) is 12.9. The number of ether oxygens (including phenoxy) is 2. The van der Waals surface area contributed by atoms with Crippen LogP contribution in [0.2, 0.25) is 0 Å². The molecule has 0 bridgehead atoms. The zero-order valence-electron chi connectivity index (χ0n) is 21.7. The zero-order chi connectivity index (χ0) is 28.9. The summed E-state index contributed by atoms with van der Waals surface area (Å²) < 4.78 is 37.5. The number of nitro groups is 1. The van der Waals surface area contributed by atoms with E-state index in [0.29, 0.717) is 17.7 Å². The van der Waals surface area contributed by atoms with Crippen LogP contribution in [0.15, 0.2) is 83.5 Å². The standard InChI is InChI=1S/C30H25F2N3O6/c31-22-12-8-19(9-13-22)16-21-4-3-5-24-29(21)33-34(30(24)20-10-14-23(32)15-11-20)27(36)17-41-28(37)18-40-26-7-2-1-6-25(26)35(38)39/h1-2,6-16,24,30H,3-5,17-18H2. The molecule has 9 nitrogen and oxygen atoms in total. The van der Waals surface area contributed by atoms with E-state index in [1.54, 1.807) is 24.3 Å². The SMILES string of the molecule is O=C(COc1ccccc1[N+](=O)[O-])OCC(=O)N1N=C2C(=Cc3ccc(F)cc3)CCCC2C1c1ccc(F)cc1. The lowest BCUT2D eigenvalue weighted by Gasteiger charge is -2.29. The molecule has 1 amide bonds. The highest BCUT2D eigenvalue weighted by Gasteiger charge is 2.43. The van der Waals surface area contributed by atoms with Gasteiger partial charge in [0.1, 0.15) is 11.6 Å². The van der Waals surface area contributed by atoms with Crippen LogP contribution in [0.3, 0.4) is 0 Å². The number of benzene rings is 3. The summed E-state index contributed by atoms with van der Waals surface area (Å²) in [5, 5.41) is 17.1. The average molecular weight is 562 g/mol. The Morgan fingerprint density at radius 2 is 1.68 bits per heavy atom. The van der Waals surface area contributed by atoms with Crippen molar-refractivity contribution in [1.29, 1.82) is 0 Å². The number of esters is 1. The molecule has 0 spiro atoms. The molecular formula is C30H25F2N3O6. The van der Waals surface area contributed by atoms with E-state index in [2.05, 4.69) is 5.10 Å². The lowest BCUT2D eigenvalue weighted by atomic mass is 9.77. The van der Waals surface area contributed by atoms with Gasteiger partial charge in [0, 0.05) is 12.0 Å². The Kier molecular flexibility index (Phi) is 8.14. The first kappa shape index (κ1) is 27.6. The highest BCUT2D eigenvalue weighted by atomic mass is 19.1. The number of hydrazone groups is 1. The van der Waals surface area contributed by atoms with E-state index in [-0.39, 0.29) is 23.2 Å². The molecule has 0 radical (unpaired) electrons. The summed E-state index contributed by atoms with van der Waals surface area (Å²) >= 11 is 0. The lowest BCUT2D eigenvalue weighted by molar-refractivity contribution is -0.385. The summed E-state index contributed by atoms with van der Waals surface area (Å²) in [6.45, 7) is -1.28. The molecule has 0 saturated heterocycles. The van der Waals surface area contributed by atoms with Crippen molar-refractivity contribution in [3.8, 4) is 5.75 Å². The largest absolute Gasteiger partial charge is 0.475 e. The summed E-state index contributed by atoms with van der Waals surface area (Å²) in [7, 11) is 0. The number of fused-ring (bicyclic) bond motifs is 1. The third kappa shape index (κ3) is 6.29. The monoisotopic (exact) mass is 561 g/mol. The van der Waals surface area contributed by atoms with Crippen molar-refractivity contribution in [1.82, 2.24) is 5.01 Å². The number of hydrogen-bond donors (Lipinski definition) is 0. The Hall–Kier alpha value is -4.93. The van der Waals surface area contributed by atoms with E-state index in [4.69, 9.17) is 9.47 Å². The van der Waals surface area contributed by atoms with Crippen LogP contribution in [-0.2, 0) is 14.3 Å². The fourth-order valence-corrected chi connectivity index (χ4v) is 5.08. The summed E-state index contributed by atoms with van der Waals surface area (Å²) in [4.78, 5) is 36.2. The Balaban J connectivity index is 1.33. The Morgan fingerprint density at radius 3 is 2.39 bits per heavy atom. The van der Waals surface area contributed by atoms with Crippen molar-refractivity contribution in [3.63, 3.8) is 0 Å². The van der Waals surface area contributed by atoms with Crippen LogP contribution in [0.25, 0.3) is 6.08 Å². The molecule has 3 aromatic carbocycles. The number of carbonyl (C=O) groups is 2. The van der Waals surface area contributed by atoms with Crippen LogP contribution < -0.4 is 4.74 Å². The number of nitrogens with zero attached hydrogens (tertiary/aromatic N) is 3. The van der Waals surface area contributed by atoms with Gasteiger partial charge in [-0.25, -0.2) is 18.6 Å². The topological polar surface area (TPSA) is 111 Å². The van der Waals surface area contributed by atoms with Crippen molar-refractivity contribution < 1.29 is 32.8 Å².